The lowest BCUT2D eigenvalue weighted by Gasteiger charge is -2.23. The molecule has 0 saturated heterocycles. The third-order valence-corrected chi connectivity index (χ3v) is 3.73. The molecule has 0 atom stereocenters. The van der Waals surface area contributed by atoms with Crippen LogP contribution in [0, 0.1) is 0 Å². The predicted octanol–water partition coefficient (Wildman–Crippen LogP) is 2.53. The van der Waals surface area contributed by atoms with Crippen molar-refractivity contribution in [1.82, 2.24) is 10.7 Å². The largest absolute Gasteiger partial charge is 0.504 e. The van der Waals surface area contributed by atoms with Crippen LogP contribution in [-0.4, -0.2) is 29.6 Å². The molecule has 3 N–H and O–H groups in total. The molecule has 0 bridgehead atoms. The number of nitrogens with one attached hydrogen (secondary N) is 2. The SMILES string of the molecule is COc1ccc(/C=N\NC(=S)NC2CCCCC2)cc1O. The van der Waals surface area contributed by atoms with Gasteiger partial charge in [-0.15, -0.1) is 0 Å². The van der Waals surface area contributed by atoms with Crippen molar-refractivity contribution in [3.05, 3.63) is 23.8 Å². The number of benzene rings is 1. The highest BCUT2D eigenvalue weighted by Crippen LogP contribution is 2.25. The summed E-state index contributed by atoms with van der Waals surface area (Å²) in [4.78, 5) is 0. The Morgan fingerprint density at radius 2 is 2.14 bits per heavy atom. The number of ether oxygens (including phenoxy) is 1. The fourth-order valence-corrected chi connectivity index (χ4v) is 2.64. The molecular formula is C15H21N3O2S. The second kappa shape index (κ2) is 7.83. The molecule has 2 rings (SSSR count). The molecule has 21 heavy (non-hydrogen) atoms. The zero-order valence-electron chi connectivity index (χ0n) is 12.1. The minimum atomic E-state index is 0.0874. The zero-order chi connectivity index (χ0) is 15.1. The lowest BCUT2D eigenvalue weighted by molar-refractivity contribution is 0.373. The van der Waals surface area contributed by atoms with E-state index >= 15 is 0 Å². The second-order valence-electron chi connectivity index (χ2n) is 5.11. The van der Waals surface area contributed by atoms with Gasteiger partial charge in [0, 0.05) is 6.04 Å². The molecule has 1 aliphatic carbocycles. The van der Waals surface area contributed by atoms with Gasteiger partial charge in [0.1, 0.15) is 0 Å². The highest BCUT2D eigenvalue weighted by Gasteiger charge is 2.13. The first-order chi connectivity index (χ1) is 10.2. The molecule has 5 nitrogen and oxygen atoms in total. The van der Waals surface area contributed by atoms with Crippen molar-refractivity contribution in [3.8, 4) is 11.5 Å². The van der Waals surface area contributed by atoms with Crippen molar-refractivity contribution in [2.24, 2.45) is 5.10 Å². The van der Waals surface area contributed by atoms with Crippen molar-refractivity contribution >= 4 is 23.5 Å². The van der Waals surface area contributed by atoms with Crippen LogP contribution in [0.25, 0.3) is 0 Å². The van der Waals surface area contributed by atoms with Gasteiger partial charge >= 0.3 is 0 Å². The van der Waals surface area contributed by atoms with E-state index in [0.29, 0.717) is 16.9 Å². The summed E-state index contributed by atoms with van der Waals surface area (Å²) >= 11 is 5.21. The topological polar surface area (TPSA) is 65.9 Å². The Morgan fingerprint density at radius 1 is 1.38 bits per heavy atom. The number of hydrogen-bond donors (Lipinski definition) is 3. The number of nitrogens with zero attached hydrogens (tertiary/aromatic N) is 1. The van der Waals surface area contributed by atoms with E-state index in [1.807, 2.05) is 0 Å². The normalized spacial score (nSPS) is 15.9. The molecule has 0 spiro atoms. The zero-order valence-corrected chi connectivity index (χ0v) is 12.9. The first-order valence-electron chi connectivity index (χ1n) is 7.15. The number of phenols is 1. The summed E-state index contributed by atoms with van der Waals surface area (Å²) in [6.45, 7) is 0. The van der Waals surface area contributed by atoms with E-state index in [4.69, 9.17) is 17.0 Å². The summed E-state index contributed by atoms with van der Waals surface area (Å²) in [6, 6.07) is 5.54. The van der Waals surface area contributed by atoms with Crippen LogP contribution in [0.4, 0.5) is 0 Å². The van der Waals surface area contributed by atoms with Crippen LogP contribution in [0.5, 0.6) is 11.5 Å². The maximum Gasteiger partial charge on any atom is 0.187 e. The summed E-state index contributed by atoms with van der Waals surface area (Å²) in [6.07, 6.45) is 7.77. The van der Waals surface area contributed by atoms with Gasteiger partial charge in [-0.2, -0.15) is 5.10 Å². The summed E-state index contributed by atoms with van der Waals surface area (Å²) in [5, 5.41) is 17.6. The molecule has 114 valence electrons. The van der Waals surface area contributed by atoms with E-state index in [1.54, 1.807) is 24.4 Å². The number of hydrogen-bond acceptors (Lipinski definition) is 4. The standard InChI is InChI=1S/C15H21N3O2S/c1-20-14-8-7-11(9-13(14)19)10-16-18-15(21)17-12-5-3-2-4-6-12/h7-10,12,19H,2-6H2,1H3,(H2,17,18,21)/b16-10-. The van der Waals surface area contributed by atoms with Gasteiger partial charge < -0.3 is 15.2 Å². The summed E-state index contributed by atoms with van der Waals surface area (Å²) in [5.41, 5.74) is 3.57. The lowest BCUT2D eigenvalue weighted by Crippen LogP contribution is -2.40. The monoisotopic (exact) mass is 307 g/mol. The average molecular weight is 307 g/mol. The molecule has 1 saturated carbocycles. The van der Waals surface area contributed by atoms with Gasteiger partial charge in [0.05, 0.1) is 13.3 Å². The Bertz CT molecular complexity index is 514. The van der Waals surface area contributed by atoms with Gasteiger partial charge in [0.15, 0.2) is 16.6 Å². The summed E-state index contributed by atoms with van der Waals surface area (Å²) in [5.74, 6) is 0.527. The van der Waals surface area contributed by atoms with Crippen LogP contribution >= 0.6 is 12.2 Å². The Kier molecular flexibility index (Phi) is 5.80. The van der Waals surface area contributed by atoms with Gasteiger partial charge in [-0.25, -0.2) is 0 Å². The third kappa shape index (κ3) is 4.90. The van der Waals surface area contributed by atoms with Crippen molar-refractivity contribution in [2.75, 3.05) is 7.11 Å². The Hall–Kier alpha value is -1.82. The number of methoxy groups -OCH3 is 1. The molecule has 1 aliphatic rings. The molecule has 1 aromatic rings. The molecule has 1 fully saturated rings. The van der Waals surface area contributed by atoms with Crippen LogP contribution in [0.1, 0.15) is 37.7 Å². The number of phenolic OH excluding ortho intramolecular Hbond substituents is 1. The molecule has 0 aliphatic heterocycles. The molecule has 0 aromatic heterocycles. The van der Waals surface area contributed by atoms with Gasteiger partial charge in [-0.1, -0.05) is 19.3 Å². The molecule has 1 aromatic carbocycles. The van der Waals surface area contributed by atoms with Crippen LogP contribution in [0.15, 0.2) is 23.3 Å². The van der Waals surface area contributed by atoms with Crippen molar-refractivity contribution < 1.29 is 9.84 Å². The lowest BCUT2D eigenvalue weighted by atomic mass is 9.96. The molecular weight excluding hydrogens is 286 g/mol. The second-order valence-corrected chi connectivity index (χ2v) is 5.52. The van der Waals surface area contributed by atoms with E-state index in [1.165, 1.54) is 26.4 Å². The summed E-state index contributed by atoms with van der Waals surface area (Å²) in [7, 11) is 1.51. The Balaban J connectivity index is 1.81. The maximum absolute atomic E-state index is 9.67. The van der Waals surface area contributed by atoms with Crippen LogP contribution < -0.4 is 15.5 Å². The minimum absolute atomic E-state index is 0.0874. The molecule has 0 unspecified atom stereocenters. The van der Waals surface area contributed by atoms with Crippen molar-refractivity contribution in [2.45, 2.75) is 38.1 Å². The third-order valence-electron chi connectivity index (χ3n) is 3.52. The Labute approximate surface area is 130 Å². The fourth-order valence-electron chi connectivity index (χ4n) is 2.42. The number of hydrazone groups is 1. The first-order valence-corrected chi connectivity index (χ1v) is 7.56. The first kappa shape index (κ1) is 15.6. The van der Waals surface area contributed by atoms with Crippen LogP contribution in [0.3, 0.4) is 0 Å². The molecule has 0 amide bonds. The van der Waals surface area contributed by atoms with E-state index in [-0.39, 0.29) is 5.75 Å². The highest BCUT2D eigenvalue weighted by molar-refractivity contribution is 7.80. The van der Waals surface area contributed by atoms with E-state index in [2.05, 4.69) is 15.8 Å². The molecule has 0 radical (unpaired) electrons. The summed E-state index contributed by atoms with van der Waals surface area (Å²) < 4.78 is 4.99. The van der Waals surface area contributed by atoms with E-state index in [0.717, 1.165) is 18.4 Å². The van der Waals surface area contributed by atoms with E-state index < -0.39 is 0 Å². The Morgan fingerprint density at radius 3 is 2.81 bits per heavy atom. The minimum Gasteiger partial charge on any atom is -0.504 e. The van der Waals surface area contributed by atoms with Crippen molar-refractivity contribution in [1.29, 1.82) is 0 Å². The smallest absolute Gasteiger partial charge is 0.187 e. The van der Waals surface area contributed by atoms with Gasteiger partial charge in [0.25, 0.3) is 0 Å². The number of thiocarbonyl (C=S) groups is 1. The van der Waals surface area contributed by atoms with Crippen LogP contribution in [0.2, 0.25) is 0 Å². The highest BCUT2D eigenvalue weighted by atomic mass is 32.1. The van der Waals surface area contributed by atoms with Gasteiger partial charge in [0.2, 0.25) is 0 Å². The van der Waals surface area contributed by atoms with Gasteiger partial charge in [-0.3, -0.25) is 5.43 Å². The molecule has 6 heteroatoms. The average Bonchev–Trinajstić information content (AvgIpc) is 2.48. The number of aromatic hydroxyl groups is 1. The molecule has 0 heterocycles. The maximum atomic E-state index is 9.67. The van der Waals surface area contributed by atoms with Crippen LogP contribution in [-0.2, 0) is 0 Å². The number of rotatable bonds is 4. The van der Waals surface area contributed by atoms with Crippen molar-refractivity contribution in [3.63, 3.8) is 0 Å². The fraction of sp³-hybridized carbons (Fsp3) is 0.467. The van der Waals surface area contributed by atoms with E-state index in [9.17, 15) is 5.11 Å². The predicted molar refractivity (Wildman–Crippen MR) is 88.0 cm³/mol. The quantitative estimate of drug-likeness (QED) is 0.453. The van der Waals surface area contributed by atoms with Gasteiger partial charge in [-0.05, 0) is 48.8 Å².